The highest BCUT2D eigenvalue weighted by Gasteiger charge is 2.33. The van der Waals surface area contributed by atoms with Gasteiger partial charge in [0.2, 0.25) is 15.9 Å². The molecule has 0 radical (unpaired) electrons. The number of piperidine rings is 2. The number of amides is 2. The second-order valence-corrected chi connectivity index (χ2v) is 11.1. The fraction of sp³-hybridized carbons (Fsp3) is 0.667. The molecule has 1 aromatic rings. The van der Waals surface area contributed by atoms with Gasteiger partial charge in [-0.3, -0.25) is 9.59 Å². The summed E-state index contributed by atoms with van der Waals surface area (Å²) < 4.78 is 27.9. The SMILES string of the molecule is CCCCN(C)C(=O)C1CCN(C(=O)c2cccc(S(=O)(=O)N3CCCCC3C)c2)CC1. The number of unbranched alkanes of at least 4 members (excludes halogenated alkanes) is 1. The monoisotopic (exact) mass is 463 g/mol. The summed E-state index contributed by atoms with van der Waals surface area (Å²) in [4.78, 5) is 29.5. The second kappa shape index (κ2) is 10.8. The van der Waals surface area contributed by atoms with Crippen molar-refractivity contribution in [3.63, 3.8) is 0 Å². The van der Waals surface area contributed by atoms with Crippen LogP contribution >= 0.6 is 0 Å². The summed E-state index contributed by atoms with van der Waals surface area (Å²) in [6.45, 7) is 6.36. The summed E-state index contributed by atoms with van der Waals surface area (Å²) in [6, 6.07) is 6.38. The molecule has 0 saturated carbocycles. The molecule has 0 spiro atoms. The first-order valence-electron chi connectivity index (χ1n) is 11.9. The Hall–Kier alpha value is -1.93. The van der Waals surface area contributed by atoms with Crippen LogP contribution in [0, 0.1) is 5.92 Å². The molecular weight excluding hydrogens is 426 g/mol. The van der Waals surface area contributed by atoms with Gasteiger partial charge in [-0.15, -0.1) is 0 Å². The smallest absolute Gasteiger partial charge is 0.253 e. The maximum Gasteiger partial charge on any atom is 0.253 e. The number of carbonyl (C=O) groups is 2. The molecule has 2 heterocycles. The second-order valence-electron chi connectivity index (χ2n) is 9.17. The van der Waals surface area contributed by atoms with Crippen LogP contribution in [0.4, 0.5) is 0 Å². The number of carbonyl (C=O) groups excluding carboxylic acids is 2. The standard InChI is InChI=1S/C24H37N3O4S/c1-4-5-14-25(3)23(28)20-12-16-26(17-13-20)24(29)21-10-8-11-22(18-21)32(30,31)27-15-7-6-9-19(27)2/h8,10-11,18-20H,4-7,9,12-17H2,1-3H3. The van der Waals surface area contributed by atoms with Crippen LogP contribution in [-0.2, 0) is 14.8 Å². The van der Waals surface area contributed by atoms with Gasteiger partial charge < -0.3 is 9.80 Å². The van der Waals surface area contributed by atoms with Crippen molar-refractivity contribution in [2.24, 2.45) is 5.92 Å². The highest BCUT2D eigenvalue weighted by atomic mass is 32.2. The van der Waals surface area contributed by atoms with E-state index in [-0.39, 0.29) is 28.7 Å². The van der Waals surface area contributed by atoms with Gasteiger partial charge in [0.05, 0.1) is 4.90 Å². The van der Waals surface area contributed by atoms with Gasteiger partial charge in [-0.2, -0.15) is 4.31 Å². The van der Waals surface area contributed by atoms with Crippen LogP contribution in [-0.4, -0.2) is 73.6 Å². The Balaban J connectivity index is 1.65. The van der Waals surface area contributed by atoms with E-state index in [1.807, 2.05) is 18.9 Å². The van der Waals surface area contributed by atoms with E-state index in [9.17, 15) is 18.0 Å². The lowest BCUT2D eigenvalue weighted by molar-refractivity contribution is -0.135. The normalized spacial score (nSPS) is 20.8. The van der Waals surface area contributed by atoms with Crippen molar-refractivity contribution >= 4 is 21.8 Å². The molecule has 2 saturated heterocycles. The Kier molecular flexibility index (Phi) is 8.33. The summed E-state index contributed by atoms with van der Waals surface area (Å²) in [6.07, 6.45) is 6.10. The molecule has 2 amide bonds. The van der Waals surface area contributed by atoms with Crippen molar-refractivity contribution in [2.45, 2.75) is 69.7 Å². The van der Waals surface area contributed by atoms with E-state index in [4.69, 9.17) is 0 Å². The van der Waals surface area contributed by atoms with Crippen molar-refractivity contribution in [1.29, 1.82) is 0 Å². The van der Waals surface area contributed by atoms with Gasteiger partial charge >= 0.3 is 0 Å². The first-order valence-corrected chi connectivity index (χ1v) is 13.4. The van der Waals surface area contributed by atoms with Crippen LogP contribution in [0.3, 0.4) is 0 Å². The molecule has 1 unspecified atom stereocenters. The van der Waals surface area contributed by atoms with Crippen LogP contribution in [0.1, 0.15) is 69.2 Å². The van der Waals surface area contributed by atoms with Crippen LogP contribution in [0.25, 0.3) is 0 Å². The highest BCUT2D eigenvalue weighted by molar-refractivity contribution is 7.89. The molecule has 2 aliphatic heterocycles. The predicted molar refractivity (Wildman–Crippen MR) is 125 cm³/mol. The maximum absolute atomic E-state index is 13.2. The zero-order valence-electron chi connectivity index (χ0n) is 19.6. The van der Waals surface area contributed by atoms with Crippen LogP contribution < -0.4 is 0 Å². The van der Waals surface area contributed by atoms with Crippen molar-refractivity contribution in [3.05, 3.63) is 29.8 Å². The van der Waals surface area contributed by atoms with Crippen LogP contribution in [0.2, 0.25) is 0 Å². The minimum absolute atomic E-state index is 0.0277. The largest absolute Gasteiger partial charge is 0.346 e. The lowest BCUT2D eigenvalue weighted by Gasteiger charge is -2.34. The molecule has 32 heavy (non-hydrogen) atoms. The van der Waals surface area contributed by atoms with Gasteiger partial charge in [0.15, 0.2) is 0 Å². The molecular formula is C24H37N3O4S. The Bertz CT molecular complexity index is 910. The number of hydrogen-bond acceptors (Lipinski definition) is 4. The molecule has 0 aromatic heterocycles. The van der Waals surface area contributed by atoms with E-state index in [0.717, 1.165) is 38.6 Å². The van der Waals surface area contributed by atoms with Gasteiger partial charge in [-0.1, -0.05) is 25.8 Å². The fourth-order valence-electron chi connectivity index (χ4n) is 4.68. The minimum Gasteiger partial charge on any atom is -0.346 e. The van der Waals surface area contributed by atoms with E-state index >= 15 is 0 Å². The van der Waals surface area contributed by atoms with Gasteiger partial charge in [0, 0.05) is 50.7 Å². The van der Waals surface area contributed by atoms with Crippen molar-refractivity contribution in [3.8, 4) is 0 Å². The molecule has 7 nitrogen and oxygen atoms in total. The van der Waals surface area contributed by atoms with Gasteiger partial charge in [-0.05, 0) is 57.2 Å². The van der Waals surface area contributed by atoms with E-state index < -0.39 is 10.0 Å². The summed E-state index contributed by atoms with van der Waals surface area (Å²) in [5.74, 6) is -0.0542. The summed E-state index contributed by atoms with van der Waals surface area (Å²) in [7, 11) is -1.77. The van der Waals surface area contributed by atoms with Crippen molar-refractivity contribution < 1.29 is 18.0 Å². The maximum atomic E-state index is 13.2. The zero-order chi connectivity index (χ0) is 23.3. The number of sulfonamides is 1. The summed E-state index contributed by atoms with van der Waals surface area (Å²) in [5.41, 5.74) is 0.389. The highest BCUT2D eigenvalue weighted by Crippen LogP contribution is 2.27. The molecule has 178 valence electrons. The summed E-state index contributed by atoms with van der Waals surface area (Å²) >= 11 is 0. The average molecular weight is 464 g/mol. The zero-order valence-corrected chi connectivity index (χ0v) is 20.4. The topological polar surface area (TPSA) is 78.0 Å². The Morgan fingerprint density at radius 3 is 2.47 bits per heavy atom. The van der Waals surface area contributed by atoms with Crippen LogP contribution in [0.15, 0.2) is 29.2 Å². The molecule has 8 heteroatoms. The predicted octanol–water partition coefficient (Wildman–Crippen LogP) is 3.36. The Labute approximate surface area is 192 Å². The third kappa shape index (κ3) is 5.52. The number of hydrogen-bond donors (Lipinski definition) is 0. The quantitative estimate of drug-likeness (QED) is 0.621. The first kappa shape index (κ1) is 24.7. The summed E-state index contributed by atoms with van der Waals surface area (Å²) in [5, 5.41) is 0. The number of likely N-dealkylation sites (tertiary alicyclic amines) is 1. The molecule has 0 N–H and O–H groups in total. The van der Waals surface area contributed by atoms with Crippen molar-refractivity contribution in [1.82, 2.24) is 14.1 Å². The molecule has 3 rings (SSSR count). The Morgan fingerprint density at radius 2 is 1.81 bits per heavy atom. The van der Waals surface area contributed by atoms with Crippen LogP contribution in [0.5, 0.6) is 0 Å². The minimum atomic E-state index is -3.62. The molecule has 2 fully saturated rings. The molecule has 0 aliphatic carbocycles. The third-order valence-electron chi connectivity index (χ3n) is 6.78. The van der Waals surface area contributed by atoms with E-state index in [0.29, 0.717) is 38.0 Å². The van der Waals surface area contributed by atoms with Gasteiger partial charge in [0.1, 0.15) is 0 Å². The lowest BCUT2D eigenvalue weighted by atomic mass is 9.95. The lowest BCUT2D eigenvalue weighted by Crippen LogP contribution is -2.44. The molecule has 1 aromatic carbocycles. The van der Waals surface area contributed by atoms with E-state index in [1.54, 1.807) is 27.4 Å². The molecule has 2 aliphatic rings. The number of nitrogens with zero attached hydrogens (tertiary/aromatic N) is 3. The molecule has 0 bridgehead atoms. The van der Waals surface area contributed by atoms with E-state index in [1.165, 1.54) is 6.07 Å². The Morgan fingerprint density at radius 1 is 1.09 bits per heavy atom. The van der Waals surface area contributed by atoms with Gasteiger partial charge in [0.25, 0.3) is 5.91 Å². The third-order valence-corrected chi connectivity index (χ3v) is 8.79. The van der Waals surface area contributed by atoms with Crippen molar-refractivity contribution in [2.75, 3.05) is 33.2 Å². The first-order chi connectivity index (χ1) is 15.3. The molecule has 1 atom stereocenters. The number of rotatable bonds is 7. The van der Waals surface area contributed by atoms with Gasteiger partial charge in [-0.25, -0.2) is 8.42 Å². The number of benzene rings is 1. The fourth-order valence-corrected chi connectivity index (χ4v) is 6.43. The van der Waals surface area contributed by atoms with E-state index in [2.05, 4.69) is 6.92 Å². The average Bonchev–Trinajstić information content (AvgIpc) is 2.82.